The zero-order chi connectivity index (χ0) is 20.7. The fraction of sp³-hybridized carbons (Fsp3) is 0.500. The van der Waals surface area contributed by atoms with Gasteiger partial charge >= 0.3 is 0 Å². The van der Waals surface area contributed by atoms with Crippen molar-refractivity contribution in [1.29, 1.82) is 0 Å². The van der Waals surface area contributed by atoms with Crippen LogP contribution < -0.4 is 5.32 Å². The van der Waals surface area contributed by atoms with E-state index in [0.717, 1.165) is 23.5 Å². The van der Waals surface area contributed by atoms with Gasteiger partial charge in [0, 0.05) is 23.5 Å². The highest BCUT2D eigenvalue weighted by atomic mass is 15.2. The second-order valence-electron chi connectivity index (χ2n) is 10.7. The molecule has 0 aliphatic rings. The lowest BCUT2D eigenvalue weighted by atomic mass is 9.82. The maximum Gasteiger partial charge on any atom is 0.235 e. The molecule has 0 amide bonds. The molecule has 0 unspecified atom stereocenters. The van der Waals surface area contributed by atoms with E-state index in [-0.39, 0.29) is 16.4 Å². The van der Waals surface area contributed by atoms with Crippen molar-refractivity contribution < 1.29 is 0 Å². The smallest absolute Gasteiger partial charge is 0.235 e. The summed E-state index contributed by atoms with van der Waals surface area (Å²) in [5, 5.41) is 3.77. The summed E-state index contributed by atoms with van der Waals surface area (Å²) in [6.07, 6.45) is 4.85. The Hall–Kier alpha value is -2.36. The molecule has 4 heteroatoms. The predicted molar refractivity (Wildman–Crippen MR) is 119 cm³/mol. The van der Waals surface area contributed by atoms with Gasteiger partial charge < -0.3 is 5.32 Å². The van der Waals surface area contributed by atoms with Crippen LogP contribution in [0, 0.1) is 5.41 Å². The van der Waals surface area contributed by atoms with Gasteiger partial charge in [0.05, 0.1) is 0 Å². The molecule has 1 aromatic carbocycles. The molecule has 2 aromatic heterocycles. The van der Waals surface area contributed by atoms with Gasteiger partial charge in [0.25, 0.3) is 0 Å². The number of hydrogen-bond donors (Lipinski definition) is 1. The summed E-state index contributed by atoms with van der Waals surface area (Å²) < 4.78 is 2.05. The summed E-state index contributed by atoms with van der Waals surface area (Å²) >= 11 is 0. The SMILES string of the molecule is CC(C)(C)CC(C)(C)Nc1c(-c2ccc(C(C)(C)C)cc2)nc2ncccn12. The third-order valence-electron chi connectivity index (χ3n) is 4.86. The summed E-state index contributed by atoms with van der Waals surface area (Å²) in [5.41, 5.74) is 3.65. The predicted octanol–water partition coefficient (Wildman–Crippen LogP) is 6.32. The van der Waals surface area contributed by atoms with Crippen molar-refractivity contribution >= 4 is 11.6 Å². The van der Waals surface area contributed by atoms with Crippen LogP contribution in [0.4, 0.5) is 5.82 Å². The average molecular weight is 379 g/mol. The molecular formula is C24H34N4. The summed E-state index contributed by atoms with van der Waals surface area (Å²) in [4.78, 5) is 9.31. The number of rotatable bonds is 4. The summed E-state index contributed by atoms with van der Waals surface area (Å²) in [5.74, 6) is 1.72. The number of benzene rings is 1. The monoisotopic (exact) mass is 378 g/mol. The summed E-state index contributed by atoms with van der Waals surface area (Å²) in [6, 6.07) is 10.7. The Morgan fingerprint density at radius 3 is 2.14 bits per heavy atom. The van der Waals surface area contributed by atoms with Crippen molar-refractivity contribution in [3.8, 4) is 11.3 Å². The first-order chi connectivity index (χ1) is 12.9. The van der Waals surface area contributed by atoms with Gasteiger partial charge in [-0.2, -0.15) is 0 Å². The molecule has 0 bridgehead atoms. The van der Waals surface area contributed by atoms with Crippen LogP contribution in [-0.4, -0.2) is 19.9 Å². The molecule has 3 rings (SSSR count). The van der Waals surface area contributed by atoms with Crippen molar-refractivity contribution in [3.05, 3.63) is 48.3 Å². The van der Waals surface area contributed by atoms with Crippen molar-refractivity contribution in [2.24, 2.45) is 5.41 Å². The highest BCUT2D eigenvalue weighted by Crippen LogP contribution is 2.35. The van der Waals surface area contributed by atoms with Crippen LogP contribution in [0.25, 0.3) is 17.0 Å². The molecule has 0 saturated heterocycles. The van der Waals surface area contributed by atoms with Gasteiger partial charge in [-0.05, 0) is 42.7 Å². The molecule has 150 valence electrons. The Balaban J connectivity index is 2.07. The number of aromatic nitrogens is 3. The van der Waals surface area contributed by atoms with E-state index in [0.29, 0.717) is 5.78 Å². The first-order valence-electron chi connectivity index (χ1n) is 10.1. The van der Waals surface area contributed by atoms with E-state index in [9.17, 15) is 0 Å². The van der Waals surface area contributed by atoms with E-state index in [1.807, 2.05) is 12.3 Å². The van der Waals surface area contributed by atoms with E-state index in [1.165, 1.54) is 5.56 Å². The molecule has 0 spiro atoms. The molecule has 28 heavy (non-hydrogen) atoms. The largest absolute Gasteiger partial charge is 0.364 e. The van der Waals surface area contributed by atoms with Crippen LogP contribution in [0.3, 0.4) is 0 Å². The maximum absolute atomic E-state index is 4.84. The number of nitrogens with one attached hydrogen (secondary N) is 1. The summed E-state index contributed by atoms with van der Waals surface area (Å²) in [7, 11) is 0. The third-order valence-corrected chi connectivity index (χ3v) is 4.86. The molecule has 3 aromatic rings. The van der Waals surface area contributed by atoms with Crippen molar-refractivity contribution in [2.75, 3.05) is 5.32 Å². The van der Waals surface area contributed by atoms with Crippen LogP contribution in [-0.2, 0) is 5.41 Å². The second kappa shape index (κ2) is 6.91. The van der Waals surface area contributed by atoms with Crippen molar-refractivity contribution in [3.63, 3.8) is 0 Å². The standard InChI is InChI=1S/C24H34N4/c1-22(2,3)16-24(7,8)27-20-19(26-21-25-14-9-15-28(20)21)17-10-12-18(13-11-17)23(4,5)6/h9-15,27H,16H2,1-8H3. The molecular weight excluding hydrogens is 344 g/mol. The molecule has 1 N–H and O–H groups in total. The molecule has 0 atom stereocenters. The lowest BCUT2D eigenvalue weighted by Crippen LogP contribution is -2.36. The average Bonchev–Trinajstić information content (AvgIpc) is 2.90. The topological polar surface area (TPSA) is 42.2 Å². The first kappa shape index (κ1) is 20.4. The molecule has 0 radical (unpaired) electrons. The maximum atomic E-state index is 4.84. The first-order valence-corrected chi connectivity index (χ1v) is 10.1. The Labute approximate surface area is 169 Å². The zero-order valence-corrected chi connectivity index (χ0v) is 18.6. The fourth-order valence-corrected chi connectivity index (χ4v) is 4.03. The van der Waals surface area contributed by atoms with Crippen LogP contribution in [0.1, 0.15) is 67.4 Å². The van der Waals surface area contributed by atoms with Gasteiger partial charge in [0.1, 0.15) is 11.5 Å². The Bertz CT molecular complexity index is 951. The molecule has 2 heterocycles. The van der Waals surface area contributed by atoms with Crippen LogP contribution in [0.2, 0.25) is 0 Å². The highest BCUT2D eigenvalue weighted by molar-refractivity contribution is 5.76. The number of nitrogens with zero attached hydrogens (tertiary/aromatic N) is 3. The fourth-order valence-electron chi connectivity index (χ4n) is 4.03. The van der Waals surface area contributed by atoms with E-state index in [4.69, 9.17) is 4.98 Å². The van der Waals surface area contributed by atoms with Gasteiger partial charge in [-0.1, -0.05) is 65.8 Å². The van der Waals surface area contributed by atoms with Crippen molar-refractivity contribution in [1.82, 2.24) is 14.4 Å². The normalized spacial score (nSPS) is 13.1. The van der Waals surface area contributed by atoms with Gasteiger partial charge in [-0.25, -0.2) is 9.97 Å². The number of anilines is 1. The van der Waals surface area contributed by atoms with E-state index in [1.54, 1.807) is 6.20 Å². The zero-order valence-electron chi connectivity index (χ0n) is 18.6. The Morgan fingerprint density at radius 2 is 1.57 bits per heavy atom. The Kier molecular flexibility index (Phi) is 5.03. The highest BCUT2D eigenvalue weighted by Gasteiger charge is 2.28. The molecule has 0 aliphatic carbocycles. The van der Waals surface area contributed by atoms with E-state index in [2.05, 4.69) is 94.4 Å². The number of hydrogen-bond acceptors (Lipinski definition) is 3. The second-order valence-corrected chi connectivity index (χ2v) is 10.7. The quantitative estimate of drug-likeness (QED) is 0.577. The number of fused-ring (bicyclic) bond motifs is 1. The van der Waals surface area contributed by atoms with Gasteiger partial charge in [-0.15, -0.1) is 0 Å². The third kappa shape index (κ3) is 4.54. The van der Waals surface area contributed by atoms with Gasteiger partial charge in [0.2, 0.25) is 5.78 Å². The Morgan fingerprint density at radius 1 is 0.929 bits per heavy atom. The lowest BCUT2D eigenvalue weighted by Gasteiger charge is -2.34. The molecule has 4 nitrogen and oxygen atoms in total. The summed E-state index contributed by atoms with van der Waals surface area (Å²) in [6.45, 7) is 18.0. The van der Waals surface area contributed by atoms with Crippen LogP contribution in [0.5, 0.6) is 0 Å². The van der Waals surface area contributed by atoms with Gasteiger partial charge in [-0.3, -0.25) is 4.40 Å². The van der Waals surface area contributed by atoms with Crippen molar-refractivity contribution in [2.45, 2.75) is 72.8 Å². The minimum atomic E-state index is -0.0792. The minimum Gasteiger partial charge on any atom is -0.364 e. The molecule has 0 fully saturated rings. The van der Waals surface area contributed by atoms with E-state index >= 15 is 0 Å². The van der Waals surface area contributed by atoms with E-state index < -0.39 is 0 Å². The number of imidazole rings is 1. The van der Waals surface area contributed by atoms with Crippen LogP contribution in [0.15, 0.2) is 42.7 Å². The van der Waals surface area contributed by atoms with Gasteiger partial charge in [0.15, 0.2) is 0 Å². The molecule has 0 aliphatic heterocycles. The minimum absolute atomic E-state index is 0.0792. The van der Waals surface area contributed by atoms with Crippen LogP contribution >= 0.6 is 0 Å². The molecule has 0 saturated carbocycles. The lowest BCUT2D eigenvalue weighted by molar-refractivity contribution is 0.302.